The Morgan fingerprint density at radius 3 is 3.21 bits per heavy atom. The molecule has 2 aromatic rings. The maximum absolute atomic E-state index is 12.7. The average Bonchev–Trinajstić information content (AvgIpc) is 3.27. The van der Waals surface area contributed by atoms with Crippen LogP contribution in [0.5, 0.6) is 0 Å². The second-order valence-corrected chi connectivity index (χ2v) is 7.64. The van der Waals surface area contributed by atoms with Gasteiger partial charge in [-0.15, -0.1) is 11.3 Å². The van der Waals surface area contributed by atoms with E-state index in [-0.39, 0.29) is 11.3 Å². The van der Waals surface area contributed by atoms with Crippen LogP contribution in [0, 0.1) is 18.3 Å². The van der Waals surface area contributed by atoms with E-state index in [1.165, 1.54) is 11.3 Å². The molecule has 126 valence electrons. The Morgan fingerprint density at radius 2 is 2.46 bits per heavy atom. The normalized spacial score (nSPS) is 25.7. The van der Waals surface area contributed by atoms with Gasteiger partial charge in [0.15, 0.2) is 0 Å². The van der Waals surface area contributed by atoms with E-state index in [0.717, 1.165) is 23.9 Å². The van der Waals surface area contributed by atoms with Crippen LogP contribution in [0.2, 0.25) is 0 Å². The van der Waals surface area contributed by atoms with Crippen molar-refractivity contribution < 1.29 is 9.53 Å². The number of carbonyl (C=O) groups is 1. The molecule has 0 aliphatic carbocycles. The number of rotatable bonds is 4. The number of hydrogen-bond donors (Lipinski definition) is 1. The summed E-state index contributed by atoms with van der Waals surface area (Å²) in [6, 6.07) is 5.82. The quantitative estimate of drug-likeness (QED) is 0.919. The van der Waals surface area contributed by atoms with E-state index in [9.17, 15) is 4.79 Å². The van der Waals surface area contributed by atoms with Crippen molar-refractivity contribution in [3.05, 3.63) is 40.5 Å². The van der Waals surface area contributed by atoms with Crippen LogP contribution in [0.25, 0.3) is 0 Å². The number of hydrogen-bond acceptors (Lipinski definition) is 6. The topological polar surface area (TPSA) is 67.4 Å². The number of anilines is 1. The monoisotopic (exact) mass is 344 g/mol. The van der Waals surface area contributed by atoms with Crippen molar-refractivity contribution in [1.29, 1.82) is 0 Å². The number of fused-ring (bicyclic) bond motifs is 1. The first-order valence-corrected chi connectivity index (χ1v) is 8.98. The number of aryl methyl sites for hydroxylation is 1. The van der Waals surface area contributed by atoms with E-state index in [4.69, 9.17) is 4.74 Å². The van der Waals surface area contributed by atoms with E-state index in [1.54, 1.807) is 6.20 Å². The molecule has 0 radical (unpaired) electrons. The molecular formula is C17H20N4O2S. The highest BCUT2D eigenvalue weighted by Gasteiger charge is 2.51. The van der Waals surface area contributed by atoms with Gasteiger partial charge in [-0.3, -0.25) is 4.79 Å². The lowest BCUT2D eigenvalue weighted by Crippen LogP contribution is -2.39. The highest BCUT2D eigenvalue weighted by Crippen LogP contribution is 2.41. The molecule has 4 rings (SSSR count). The summed E-state index contributed by atoms with van der Waals surface area (Å²) in [4.78, 5) is 23.3. The fourth-order valence-corrected chi connectivity index (χ4v) is 4.18. The molecule has 4 heterocycles. The van der Waals surface area contributed by atoms with Gasteiger partial charge in [0, 0.05) is 42.5 Å². The molecule has 0 saturated carbocycles. The number of thiazole rings is 1. The van der Waals surface area contributed by atoms with Crippen LogP contribution in [0.3, 0.4) is 0 Å². The summed E-state index contributed by atoms with van der Waals surface area (Å²) in [5.74, 6) is 1.25. The second kappa shape index (κ2) is 6.14. The van der Waals surface area contributed by atoms with E-state index in [0.29, 0.717) is 31.4 Å². The Morgan fingerprint density at radius 1 is 1.54 bits per heavy atom. The van der Waals surface area contributed by atoms with Gasteiger partial charge in [-0.1, -0.05) is 6.07 Å². The smallest absolute Gasteiger partial charge is 0.273 e. The molecular weight excluding hydrogens is 324 g/mol. The number of nitrogens with one attached hydrogen (secondary N) is 1. The van der Waals surface area contributed by atoms with E-state index >= 15 is 0 Å². The molecule has 0 bridgehead atoms. The van der Waals surface area contributed by atoms with Crippen LogP contribution in [-0.4, -0.2) is 53.6 Å². The number of pyridine rings is 1. The van der Waals surface area contributed by atoms with Gasteiger partial charge in [-0.25, -0.2) is 9.97 Å². The molecule has 2 aliphatic heterocycles. The third-order valence-electron chi connectivity index (χ3n) is 4.93. The maximum atomic E-state index is 12.7. The number of aromatic nitrogens is 2. The third-order valence-corrected chi connectivity index (χ3v) is 5.71. The molecule has 0 aromatic carbocycles. The van der Waals surface area contributed by atoms with Gasteiger partial charge in [-0.2, -0.15) is 0 Å². The maximum Gasteiger partial charge on any atom is 0.273 e. The van der Waals surface area contributed by atoms with Crippen LogP contribution in [0.4, 0.5) is 5.82 Å². The zero-order valence-corrected chi connectivity index (χ0v) is 14.4. The zero-order valence-electron chi connectivity index (χ0n) is 13.6. The number of amides is 1. The zero-order chi connectivity index (χ0) is 16.6. The minimum Gasteiger partial charge on any atom is -0.380 e. The molecule has 24 heavy (non-hydrogen) atoms. The Labute approximate surface area is 144 Å². The number of nitrogens with zero attached hydrogens (tertiary/aromatic N) is 3. The van der Waals surface area contributed by atoms with Gasteiger partial charge in [0.05, 0.1) is 18.2 Å². The average molecular weight is 344 g/mol. The predicted octanol–water partition coefficient (Wildman–Crippen LogP) is 2.05. The molecule has 2 atom stereocenters. The number of carbonyl (C=O) groups excluding carboxylic acids is 1. The van der Waals surface area contributed by atoms with E-state index < -0.39 is 0 Å². The fraction of sp³-hybridized carbons (Fsp3) is 0.471. The summed E-state index contributed by atoms with van der Waals surface area (Å²) in [6.45, 7) is 5.51. The van der Waals surface area contributed by atoms with E-state index in [2.05, 4.69) is 15.3 Å². The first kappa shape index (κ1) is 15.5. The van der Waals surface area contributed by atoms with Crippen LogP contribution in [0.1, 0.15) is 15.5 Å². The lowest BCUT2D eigenvalue weighted by Gasteiger charge is -2.27. The van der Waals surface area contributed by atoms with Gasteiger partial charge >= 0.3 is 0 Å². The largest absolute Gasteiger partial charge is 0.380 e. The molecule has 2 aromatic heterocycles. The SMILES string of the molecule is Cc1nc(C(=O)N2C[C@@H]3COC[C@]3(CNc3ccccn3)C2)cs1. The Bertz CT molecular complexity index is 735. The third kappa shape index (κ3) is 2.78. The molecule has 1 N–H and O–H groups in total. The highest BCUT2D eigenvalue weighted by molar-refractivity contribution is 7.09. The summed E-state index contributed by atoms with van der Waals surface area (Å²) in [5, 5.41) is 6.18. The summed E-state index contributed by atoms with van der Waals surface area (Å²) in [7, 11) is 0. The van der Waals surface area contributed by atoms with Gasteiger partial charge in [0.1, 0.15) is 11.5 Å². The molecule has 2 saturated heterocycles. The molecule has 6 nitrogen and oxygen atoms in total. The minimum absolute atomic E-state index is 0.0333. The van der Waals surface area contributed by atoms with Crippen LogP contribution >= 0.6 is 11.3 Å². The molecule has 2 aliphatic rings. The van der Waals surface area contributed by atoms with Crippen LogP contribution < -0.4 is 5.32 Å². The molecule has 0 spiro atoms. The lowest BCUT2D eigenvalue weighted by molar-refractivity contribution is 0.0720. The fourth-order valence-electron chi connectivity index (χ4n) is 3.59. The number of likely N-dealkylation sites (tertiary alicyclic amines) is 1. The van der Waals surface area contributed by atoms with Crippen molar-refractivity contribution in [3.8, 4) is 0 Å². The standard InChI is InChI=1S/C17H20N4O2S/c1-12-20-14(8-24-12)16(22)21-6-13-7-23-11-17(13,10-21)9-19-15-4-2-3-5-18-15/h2-5,8,13H,6-7,9-11H2,1H3,(H,18,19)/t13-,17+/m1/s1. The van der Waals surface area contributed by atoms with Gasteiger partial charge in [0.2, 0.25) is 0 Å². The lowest BCUT2D eigenvalue weighted by atomic mass is 9.81. The minimum atomic E-state index is -0.0434. The van der Waals surface area contributed by atoms with Gasteiger partial charge in [-0.05, 0) is 19.1 Å². The van der Waals surface area contributed by atoms with Gasteiger partial charge in [0.25, 0.3) is 5.91 Å². The summed E-state index contributed by atoms with van der Waals surface area (Å²) in [5.41, 5.74) is 0.518. The van der Waals surface area contributed by atoms with Crippen molar-refractivity contribution in [2.24, 2.45) is 11.3 Å². The summed E-state index contributed by atoms with van der Waals surface area (Å²) < 4.78 is 5.73. The molecule has 2 fully saturated rings. The van der Waals surface area contributed by atoms with Crippen molar-refractivity contribution >= 4 is 23.1 Å². The predicted molar refractivity (Wildman–Crippen MR) is 92.2 cm³/mol. The second-order valence-electron chi connectivity index (χ2n) is 6.58. The Hall–Kier alpha value is -1.99. The molecule has 7 heteroatoms. The van der Waals surface area contributed by atoms with E-state index in [1.807, 2.05) is 35.4 Å². The first-order chi connectivity index (χ1) is 11.7. The Balaban J connectivity index is 1.47. The van der Waals surface area contributed by atoms with Crippen LogP contribution in [0.15, 0.2) is 29.8 Å². The summed E-state index contributed by atoms with van der Waals surface area (Å²) in [6.07, 6.45) is 1.78. The summed E-state index contributed by atoms with van der Waals surface area (Å²) >= 11 is 1.52. The molecule has 0 unspecified atom stereocenters. The van der Waals surface area contributed by atoms with Crippen molar-refractivity contribution in [2.75, 3.05) is 38.2 Å². The van der Waals surface area contributed by atoms with Crippen molar-refractivity contribution in [3.63, 3.8) is 0 Å². The number of ether oxygens (including phenoxy) is 1. The van der Waals surface area contributed by atoms with Crippen molar-refractivity contribution in [1.82, 2.24) is 14.9 Å². The highest BCUT2D eigenvalue weighted by atomic mass is 32.1. The first-order valence-electron chi connectivity index (χ1n) is 8.10. The molecule has 1 amide bonds. The van der Waals surface area contributed by atoms with Crippen LogP contribution in [-0.2, 0) is 4.74 Å². The van der Waals surface area contributed by atoms with Crippen molar-refractivity contribution in [2.45, 2.75) is 6.92 Å². The van der Waals surface area contributed by atoms with Gasteiger partial charge < -0.3 is 15.0 Å². The Kier molecular flexibility index (Phi) is 3.97.